The predicted molar refractivity (Wildman–Crippen MR) is 207 cm³/mol. The van der Waals surface area contributed by atoms with Crippen LogP contribution in [0.1, 0.15) is 32.1 Å². The zero-order valence-electron chi connectivity index (χ0n) is 32.1. The third-order valence-corrected chi connectivity index (χ3v) is 11.1. The number of esters is 1. The number of amides is 4. The molecule has 3 aliphatic heterocycles. The zero-order valence-corrected chi connectivity index (χ0v) is 33.0. The first-order valence-electron chi connectivity index (χ1n) is 19.3. The largest absolute Gasteiger partial charge is 0.491 e. The number of piperazine rings is 1. The molecule has 0 spiro atoms. The number of nitrogens with one attached hydrogen (secondary N) is 3. The van der Waals surface area contributed by atoms with E-state index in [1.165, 1.54) is 18.2 Å². The van der Waals surface area contributed by atoms with E-state index in [1.54, 1.807) is 17.0 Å². The van der Waals surface area contributed by atoms with Crippen molar-refractivity contribution < 1.29 is 56.0 Å². The fraction of sp³-hybridized carbons (Fsp3) is 0.622. The summed E-state index contributed by atoms with van der Waals surface area (Å²) in [6, 6.07) is 7.58. The first kappa shape index (κ1) is 44.7. The molecule has 3 aliphatic rings. The number of ether oxygens (including phenoxy) is 5. The molecule has 5 N–H and O–H groups in total. The molecule has 2 aromatic rings. The Morgan fingerprint density at radius 3 is 2.26 bits per heavy atom. The molecule has 1 aromatic heterocycles. The lowest BCUT2D eigenvalue weighted by molar-refractivity contribution is -0.189. The molecule has 0 bridgehead atoms. The maximum Gasteiger partial charge on any atom is 0.491 e. The van der Waals surface area contributed by atoms with Crippen LogP contribution in [-0.2, 0) is 33.3 Å². The average molecular weight is 841 g/mol. The van der Waals surface area contributed by atoms with Crippen LogP contribution in [0, 0.1) is 0 Å². The van der Waals surface area contributed by atoms with Gasteiger partial charge in [-0.05, 0) is 31.0 Å². The van der Waals surface area contributed by atoms with Gasteiger partial charge in [0.15, 0.2) is 5.82 Å². The van der Waals surface area contributed by atoms with Gasteiger partial charge in [-0.2, -0.15) is 24.9 Å². The van der Waals surface area contributed by atoms with Crippen LogP contribution in [0.4, 0.5) is 29.5 Å². The molecule has 0 saturated carbocycles. The van der Waals surface area contributed by atoms with Crippen LogP contribution in [0.5, 0.6) is 5.75 Å². The number of halogens is 3. The van der Waals surface area contributed by atoms with Crippen molar-refractivity contribution in [1.29, 1.82) is 0 Å². The lowest BCUT2D eigenvalue weighted by atomic mass is 10.0. The average Bonchev–Trinajstić information content (AvgIpc) is 3.77. The number of nitrogens with zero attached hydrogens (tertiary/aromatic N) is 4. The molecule has 4 heterocycles. The van der Waals surface area contributed by atoms with Crippen LogP contribution in [0.25, 0.3) is 11.3 Å². The molecule has 0 unspecified atom stereocenters. The summed E-state index contributed by atoms with van der Waals surface area (Å²) in [6.07, 6.45) is -1.76. The number of nitrogens with two attached hydrogens (primary N) is 1. The van der Waals surface area contributed by atoms with Gasteiger partial charge in [-0.1, -0.05) is 18.6 Å². The minimum absolute atomic E-state index is 0.00692. The van der Waals surface area contributed by atoms with Crippen molar-refractivity contribution in [3.05, 3.63) is 30.3 Å². The Morgan fingerprint density at radius 2 is 1.55 bits per heavy atom. The van der Waals surface area contributed by atoms with Crippen LogP contribution in [0.3, 0.4) is 0 Å². The first-order chi connectivity index (χ1) is 28.0. The van der Waals surface area contributed by atoms with Gasteiger partial charge in [0.25, 0.3) is 0 Å². The van der Waals surface area contributed by atoms with Gasteiger partial charge in [0, 0.05) is 55.7 Å². The number of urea groups is 1. The van der Waals surface area contributed by atoms with E-state index in [2.05, 4.69) is 30.9 Å². The van der Waals surface area contributed by atoms with Gasteiger partial charge in [-0.25, -0.2) is 9.59 Å². The minimum atomic E-state index is -5.17. The van der Waals surface area contributed by atoms with Gasteiger partial charge >= 0.3 is 18.2 Å². The number of benzene rings is 1. The highest BCUT2D eigenvalue weighted by Crippen LogP contribution is 2.35. The molecular formula is C37H51F3N8O9S. The van der Waals surface area contributed by atoms with Gasteiger partial charge < -0.3 is 55.2 Å². The van der Waals surface area contributed by atoms with Crippen molar-refractivity contribution in [2.24, 2.45) is 0 Å². The highest BCUT2D eigenvalue weighted by atomic mass is 32.2. The Labute approximate surface area is 338 Å². The number of alkyl halides is 3. The Balaban J connectivity index is 0.830. The molecule has 4 amide bonds. The summed E-state index contributed by atoms with van der Waals surface area (Å²) in [4.78, 5) is 51.4. The molecule has 5 rings (SSSR count). The number of aromatic nitrogens is 2. The Hall–Kier alpha value is -4.44. The number of unbranched alkanes of at least 4 members (excludes halogenated alkanes) is 1. The number of carbonyl (C=O) groups is 4. The number of nitrogen functional groups attached to an aromatic ring is 1. The molecule has 3 fully saturated rings. The third-order valence-electron chi connectivity index (χ3n) is 9.60. The second-order valence-electron chi connectivity index (χ2n) is 13.7. The van der Waals surface area contributed by atoms with E-state index in [9.17, 15) is 32.3 Å². The second kappa shape index (κ2) is 22.6. The Morgan fingerprint density at radius 1 is 0.879 bits per heavy atom. The molecular weight excluding hydrogens is 790 g/mol. The van der Waals surface area contributed by atoms with E-state index < -0.39 is 12.1 Å². The van der Waals surface area contributed by atoms with E-state index in [-0.39, 0.29) is 65.8 Å². The van der Waals surface area contributed by atoms with Crippen molar-refractivity contribution in [3.8, 4) is 17.0 Å². The summed E-state index contributed by atoms with van der Waals surface area (Å²) in [6.45, 7) is 4.98. The zero-order chi connectivity index (χ0) is 41.3. The number of hydrogen-bond donors (Lipinski definition) is 4. The number of hydrogen-bond acceptors (Lipinski definition) is 14. The smallest absolute Gasteiger partial charge is 0.419 e. The summed E-state index contributed by atoms with van der Waals surface area (Å²) < 4.78 is 65.1. The topological polar surface area (TPSA) is 209 Å². The Bertz CT molecular complexity index is 1670. The summed E-state index contributed by atoms with van der Waals surface area (Å²) in [5.74, 6) is -1.69. The molecule has 58 heavy (non-hydrogen) atoms. The molecule has 3 saturated heterocycles. The van der Waals surface area contributed by atoms with Crippen molar-refractivity contribution in [1.82, 2.24) is 31.0 Å². The number of fused-ring (bicyclic) bond motifs is 1. The molecule has 21 heteroatoms. The molecule has 0 radical (unpaired) electrons. The van der Waals surface area contributed by atoms with E-state index in [4.69, 9.17) is 24.7 Å². The highest BCUT2D eigenvalue weighted by Gasteiger charge is 2.43. The quantitative estimate of drug-likeness (QED) is 0.0548. The number of rotatable bonds is 23. The molecule has 320 valence electrons. The fourth-order valence-electron chi connectivity index (χ4n) is 6.60. The van der Waals surface area contributed by atoms with E-state index >= 15 is 0 Å². The van der Waals surface area contributed by atoms with Gasteiger partial charge in [-0.15, -0.1) is 10.2 Å². The maximum atomic E-state index is 12.8. The van der Waals surface area contributed by atoms with Crippen LogP contribution in [0.15, 0.2) is 30.3 Å². The molecule has 0 aliphatic carbocycles. The van der Waals surface area contributed by atoms with Crippen molar-refractivity contribution in [2.75, 3.05) is 102 Å². The van der Waals surface area contributed by atoms with Crippen molar-refractivity contribution in [2.45, 2.75) is 55.6 Å². The van der Waals surface area contributed by atoms with Crippen LogP contribution < -0.4 is 31.3 Å². The number of thioether (sulfide) groups is 1. The SMILES string of the molecule is Nc1nnc(-c2ccccc2OC(=O)C(F)(F)F)cc1N1CCN(C(=O)CCOCCOCCOCCOCCNC(=O)CCCC[C@@H]2SC[C@@H]3NC(=O)N[C@@H]32)CC1. The summed E-state index contributed by atoms with van der Waals surface area (Å²) in [7, 11) is 0. The monoisotopic (exact) mass is 840 g/mol. The number of para-hydroxylation sites is 1. The fourth-order valence-corrected chi connectivity index (χ4v) is 8.15. The summed E-state index contributed by atoms with van der Waals surface area (Å²) >= 11 is 1.88. The molecule has 3 atom stereocenters. The Kier molecular flexibility index (Phi) is 17.4. The van der Waals surface area contributed by atoms with E-state index in [0.717, 1.165) is 25.0 Å². The minimum Gasteiger partial charge on any atom is -0.419 e. The van der Waals surface area contributed by atoms with Gasteiger partial charge in [0.05, 0.1) is 82.7 Å². The molecule has 17 nitrogen and oxygen atoms in total. The molecule has 1 aromatic carbocycles. The van der Waals surface area contributed by atoms with Gasteiger partial charge in [0.2, 0.25) is 11.8 Å². The van der Waals surface area contributed by atoms with Crippen molar-refractivity contribution in [3.63, 3.8) is 0 Å². The van der Waals surface area contributed by atoms with Gasteiger partial charge in [-0.3, -0.25) is 9.59 Å². The summed E-state index contributed by atoms with van der Waals surface area (Å²) in [5, 5.41) is 17.2. The van der Waals surface area contributed by atoms with E-state index in [0.29, 0.717) is 96.3 Å². The number of carbonyl (C=O) groups excluding carboxylic acids is 4. The number of anilines is 2. The van der Waals surface area contributed by atoms with E-state index in [1.807, 2.05) is 16.7 Å². The lowest BCUT2D eigenvalue weighted by Gasteiger charge is -2.36. The summed E-state index contributed by atoms with van der Waals surface area (Å²) in [5.41, 5.74) is 6.88. The predicted octanol–water partition coefficient (Wildman–Crippen LogP) is 2.14. The first-order valence-corrected chi connectivity index (χ1v) is 20.3. The van der Waals surface area contributed by atoms with Gasteiger partial charge in [0.1, 0.15) is 5.75 Å². The second-order valence-corrected chi connectivity index (χ2v) is 14.9. The van der Waals surface area contributed by atoms with Crippen LogP contribution in [-0.4, -0.2) is 154 Å². The highest BCUT2D eigenvalue weighted by molar-refractivity contribution is 8.00. The maximum absolute atomic E-state index is 12.8. The van der Waals surface area contributed by atoms with Crippen molar-refractivity contribution >= 4 is 47.1 Å². The van der Waals surface area contributed by atoms with Crippen LogP contribution in [0.2, 0.25) is 0 Å². The third kappa shape index (κ3) is 13.8. The standard InChI is InChI=1S/C37H51F3N8O9S/c38-37(39,40)35(51)57-29-6-2-1-5-25(29)26-23-28(34(41)46-45-26)47-11-13-48(14-12-47)32(50)9-15-53-17-19-55-21-22-56-20-18-54-16-10-42-31(49)8-4-3-7-30-33-27(24-58-30)43-36(52)44-33/h1-2,5-6,23,27,30,33H,3-4,7-22,24H2,(H2,41,46)(H,42,49)(H2,43,44,52)/t27-,30-,33-/m0/s1. The normalized spacial score (nSPS) is 19.1. The lowest BCUT2D eigenvalue weighted by Crippen LogP contribution is -2.49. The van der Waals surface area contributed by atoms with Crippen LogP contribution >= 0.6 is 11.8 Å².